The van der Waals surface area contributed by atoms with Crippen molar-refractivity contribution in [3.05, 3.63) is 75.6 Å². The van der Waals surface area contributed by atoms with Crippen LogP contribution >= 0.6 is 0 Å². The van der Waals surface area contributed by atoms with E-state index in [1.54, 1.807) is 18.2 Å². The Morgan fingerprint density at radius 1 is 1.12 bits per heavy atom. The molecule has 0 unspecified atom stereocenters. The fourth-order valence-corrected chi connectivity index (χ4v) is 2.50. The monoisotopic (exact) mass is 324 g/mol. The van der Waals surface area contributed by atoms with Gasteiger partial charge in [-0.15, -0.1) is 0 Å². The summed E-state index contributed by atoms with van der Waals surface area (Å²) in [5.74, 6) is -0.375. The molecule has 3 aromatic rings. The molecule has 0 saturated carbocycles. The minimum atomic E-state index is -0.959. The summed E-state index contributed by atoms with van der Waals surface area (Å²) < 4.78 is 10.9. The second kappa shape index (κ2) is 6.58. The van der Waals surface area contributed by atoms with Gasteiger partial charge in [-0.05, 0) is 41.8 Å². The number of benzene rings is 2. The zero-order chi connectivity index (χ0) is 17.1. The molecule has 0 aliphatic heterocycles. The Labute approximate surface area is 138 Å². The average molecular weight is 324 g/mol. The van der Waals surface area contributed by atoms with Gasteiger partial charge in [-0.25, -0.2) is 9.59 Å². The molecule has 1 aromatic heterocycles. The summed E-state index contributed by atoms with van der Waals surface area (Å²) in [6.07, 6.45) is 0.748. The Kier molecular flexibility index (Phi) is 4.33. The van der Waals surface area contributed by atoms with Crippen LogP contribution in [0.3, 0.4) is 0 Å². The average Bonchev–Trinajstić information content (AvgIpc) is 2.59. The normalized spacial score (nSPS) is 10.7. The third-order valence-electron chi connectivity index (χ3n) is 3.79. The number of carbonyl (C=O) groups is 1. The molecule has 2 aromatic carbocycles. The van der Waals surface area contributed by atoms with Gasteiger partial charge in [0.25, 0.3) is 0 Å². The zero-order valence-electron chi connectivity index (χ0n) is 13.1. The van der Waals surface area contributed by atoms with Gasteiger partial charge < -0.3 is 14.3 Å². The van der Waals surface area contributed by atoms with Crippen molar-refractivity contribution in [2.45, 2.75) is 20.0 Å². The first-order valence-electron chi connectivity index (χ1n) is 7.58. The molecule has 0 atom stereocenters. The van der Waals surface area contributed by atoms with E-state index < -0.39 is 5.97 Å². The highest BCUT2D eigenvalue weighted by Crippen LogP contribution is 2.23. The van der Waals surface area contributed by atoms with Crippen molar-refractivity contribution in [1.82, 2.24) is 0 Å². The topological polar surface area (TPSA) is 76.7 Å². The number of rotatable bonds is 5. The number of aryl methyl sites for hydroxylation is 1. The quantitative estimate of drug-likeness (QED) is 0.725. The predicted octanol–water partition coefficient (Wildman–Crippen LogP) is 3.63. The number of aromatic carboxylic acids is 1. The summed E-state index contributed by atoms with van der Waals surface area (Å²) in [6, 6.07) is 13.4. The Morgan fingerprint density at radius 2 is 1.88 bits per heavy atom. The summed E-state index contributed by atoms with van der Waals surface area (Å²) in [7, 11) is 0. The molecule has 24 heavy (non-hydrogen) atoms. The second-order valence-corrected chi connectivity index (χ2v) is 5.39. The van der Waals surface area contributed by atoms with E-state index in [-0.39, 0.29) is 11.2 Å². The number of hydrogen-bond donors (Lipinski definition) is 1. The molecule has 122 valence electrons. The van der Waals surface area contributed by atoms with Gasteiger partial charge in [-0.3, -0.25) is 0 Å². The number of carboxylic acid groups (broad SMARTS) is 1. The van der Waals surface area contributed by atoms with Crippen molar-refractivity contribution >= 4 is 16.9 Å². The third kappa shape index (κ3) is 3.30. The standard InChI is InChI=1S/C19H16O5/c1-2-13-9-18(20)24-17-10-15(7-8-16(13)17)23-11-12-3-5-14(6-4-12)19(21)22/h3-10H,2,11H2,1H3,(H,21,22). The first-order valence-corrected chi connectivity index (χ1v) is 7.58. The Hall–Kier alpha value is -3.08. The predicted molar refractivity (Wildman–Crippen MR) is 89.6 cm³/mol. The first kappa shape index (κ1) is 15.8. The van der Waals surface area contributed by atoms with Crippen LogP contribution in [0.2, 0.25) is 0 Å². The van der Waals surface area contributed by atoms with Gasteiger partial charge in [0.15, 0.2) is 0 Å². The van der Waals surface area contributed by atoms with Crippen LogP contribution in [0.25, 0.3) is 11.0 Å². The summed E-state index contributed by atoms with van der Waals surface area (Å²) in [6.45, 7) is 2.28. The minimum Gasteiger partial charge on any atom is -0.489 e. The highest BCUT2D eigenvalue weighted by molar-refractivity contribution is 5.87. The lowest BCUT2D eigenvalue weighted by Gasteiger charge is -2.08. The van der Waals surface area contributed by atoms with E-state index in [9.17, 15) is 9.59 Å². The summed E-state index contributed by atoms with van der Waals surface area (Å²) in [5, 5.41) is 9.78. The highest BCUT2D eigenvalue weighted by atomic mass is 16.5. The lowest BCUT2D eigenvalue weighted by atomic mass is 10.1. The van der Waals surface area contributed by atoms with E-state index in [1.807, 2.05) is 19.1 Å². The maximum absolute atomic E-state index is 11.6. The maximum Gasteiger partial charge on any atom is 0.336 e. The minimum absolute atomic E-state index is 0.235. The van der Waals surface area contributed by atoms with Crippen LogP contribution in [0, 0.1) is 0 Å². The maximum atomic E-state index is 11.6. The molecule has 0 bridgehead atoms. The first-order chi connectivity index (χ1) is 11.6. The summed E-state index contributed by atoms with van der Waals surface area (Å²) in [4.78, 5) is 22.4. The van der Waals surface area contributed by atoms with Crippen molar-refractivity contribution in [2.75, 3.05) is 0 Å². The van der Waals surface area contributed by atoms with Gasteiger partial charge in [-0.2, -0.15) is 0 Å². The highest BCUT2D eigenvalue weighted by Gasteiger charge is 2.07. The van der Waals surface area contributed by atoms with E-state index in [0.29, 0.717) is 17.9 Å². The largest absolute Gasteiger partial charge is 0.489 e. The van der Waals surface area contributed by atoms with Crippen LogP contribution in [0.15, 0.2) is 57.7 Å². The summed E-state index contributed by atoms with van der Waals surface area (Å²) >= 11 is 0. The fourth-order valence-electron chi connectivity index (χ4n) is 2.50. The number of hydrogen-bond acceptors (Lipinski definition) is 4. The number of carboxylic acids is 1. The van der Waals surface area contributed by atoms with Gasteiger partial charge in [0.05, 0.1) is 5.56 Å². The van der Waals surface area contributed by atoms with Crippen molar-refractivity contribution < 1.29 is 19.1 Å². The van der Waals surface area contributed by atoms with Crippen LogP contribution in [0.4, 0.5) is 0 Å². The SMILES string of the molecule is CCc1cc(=O)oc2cc(OCc3ccc(C(=O)O)cc3)ccc12. The van der Waals surface area contributed by atoms with Crippen LogP contribution in [-0.2, 0) is 13.0 Å². The molecule has 0 saturated heterocycles. The van der Waals surface area contributed by atoms with Crippen LogP contribution in [-0.4, -0.2) is 11.1 Å². The van der Waals surface area contributed by atoms with Gasteiger partial charge in [-0.1, -0.05) is 19.1 Å². The number of ether oxygens (including phenoxy) is 1. The van der Waals surface area contributed by atoms with Crippen molar-refractivity contribution in [3.8, 4) is 5.75 Å². The van der Waals surface area contributed by atoms with Crippen molar-refractivity contribution in [2.24, 2.45) is 0 Å². The molecule has 0 aliphatic rings. The van der Waals surface area contributed by atoms with E-state index in [4.69, 9.17) is 14.3 Å². The molecule has 0 spiro atoms. The van der Waals surface area contributed by atoms with E-state index in [1.165, 1.54) is 18.2 Å². The van der Waals surface area contributed by atoms with Crippen LogP contribution < -0.4 is 10.4 Å². The summed E-state index contributed by atoms with van der Waals surface area (Å²) in [5.41, 5.74) is 2.15. The lowest BCUT2D eigenvalue weighted by Crippen LogP contribution is -2.01. The molecule has 0 amide bonds. The van der Waals surface area contributed by atoms with Crippen LogP contribution in [0.5, 0.6) is 5.75 Å². The molecule has 3 rings (SSSR count). The van der Waals surface area contributed by atoms with Crippen molar-refractivity contribution in [1.29, 1.82) is 0 Å². The van der Waals surface area contributed by atoms with E-state index >= 15 is 0 Å². The molecule has 5 heteroatoms. The Bertz CT molecular complexity index is 938. The van der Waals surface area contributed by atoms with Gasteiger partial charge in [0, 0.05) is 17.5 Å². The van der Waals surface area contributed by atoms with Gasteiger partial charge >= 0.3 is 11.6 Å². The van der Waals surface area contributed by atoms with Gasteiger partial charge in [0.2, 0.25) is 0 Å². The molecular formula is C19H16O5. The molecule has 1 heterocycles. The molecule has 0 aliphatic carbocycles. The Morgan fingerprint density at radius 3 is 2.54 bits per heavy atom. The molecule has 0 radical (unpaired) electrons. The number of fused-ring (bicyclic) bond motifs is 1. The molecule has 0 fully saturated rings. The van der Waals surface area contributed by atoms with E-state index in [0.717, 1.165) is 22.9 Å². The fraction of sp³-hybridized carbons (Fsp3) is 0.158. The molecular weight excluding hydrogens is 308 g/mol. The van der Waals surface area contributed by atoms with E-state index in [2.05, 4.69) is 0 Å². The Balaban J connectivity index is 1.80. The molecule has 1 N–H and O–H groups in total. The third-order valence-corrected chi connectivity index (χ3v) is 3.79. The second-order valence-electron chi connectivity index (χ2n) is 5.39. The lowest BCUT2D eigenvalue weighted by molar-refractivity contribution is 0.0697. The van der Waals surface area contributed by atoms with Gasteiger partial charge in [0.1, 0.15) is 17.9 Å². The molecule has 5 nitrogen and oxygen atoms in total. The zero-order valence-corrected chi connectivity index (χ0v) is 13.1. The smallest absolute Gasteiger partial charge is 0.336 e. The van der Waals surface area contributed by atoms with Crippen LogP contribution in [0.1, 0.15) is 28.4 Å². The van der Waals surface area contributed by atoms with Crippen molar-refractivity contribution in [3.63, 3.8) is 0 Å².